The summed E-state index contributed by atoms with van der Waals surface area (Å²) in [5, 5.41) is 2.28. The highest BCUT2D eigenvalue weighted by atomic mass is 16.5. The second-order valence-corrected chi connectivity index (χ2v) is 4.88. The molecule has 0 saturated heterocycles. The molecule has 3 rings (SSSR count). The Bertz CT molecular complexity index is 790. The van der Waals surface area contributed by atoms with Gasteiger partial charge < -0.3 is 15.0 Å². The number of methoxy groups -OCH3 is 1. The lowest BCUT2D eigenvalue weighted by molar-refractivity contribution is 0.415. The van der Waals surface area contributed by atoms with Crippen LogP contribution in [0.4, 0.5) is 5.82 Å². The fraction of sp³-hybridized carbons (Fsp3) is 0.188. The molecule has 20 heavy (non-hydrogen) atoms. The normalized spacial score (nSPS) is 10.9. The van der Waals surface area contributed by atoms with E-state index in [9.17, 15) is 0 Å². The predicted octanol–water partition coefficient (Wildman–Crippen LogP) is 3.14. The smallest absolute Gasteiger partial charge is 0.131 e. The van der Waals surface area contributed by atoms with Crippen LogP contribution in [0.5, 0.6) is 5.75 Å². The van der Waals surface area contributed by atoms with Gasteiger partial charge >= 0.3 is 0 Å². The number of nitrogens with zero attached hydrogens (tertiary/aromatic N) is 2. The zero-order chi connectivity index (χ0) is 14.3. The lowest BCUT2D eigenvalue weighted by atomic mass is 10.0. The first-order valence-corrected chi connectivity index (χ1v) is 6.47. The molecule has 0 atom stereocenters. The highest BCUT2D eigenvalue weighted by Crippen LogP contribution is 2.29. The first-order chi connectivity index (χ1) is 9.60. The number of rotatable bonds is 2. The SMILES string of the molecule is COc1ccc2cc(-c3nc(C)n(C)c3N)ccc2c1. The van der Waals surface area contributed by atoms with Crippen molar-refractivity contribution in [1.29, 1.82) is 0 Å². The van der Waals surface area contributed by atoms with Crippen LogP contribution in [0.15, 0.2) is 36.4 Å². The fourth-order valence-corrected chi connectivity index (χ4v) is 2.34. The minimum Gasteiger partial charge on any atom is -0.497 e. The summed E-state index contributed by atoms with van der Waals surface area (Å²) in [5.41, 5.74) is 7.97. The second-order valence-electron chi connectivity index (χ2n) is 4.88. The Hall–Kier alpha value is -2.49. The van der Waals surface area contributed by atoms with E-state index < -0.39 is 0 Å². The van der Waals surface area contributed by atoms with Gasteiger partial charge in [0.1, 0.15) is 23.1 Å². The van der Waals surface area contributed by atoms with Crippen molar-refractivity contribution in [2.45, 2.75) is 6.92 Å². The summed E-state index contributed by atoms with van der Waals surface area (Å²) in [4.78, 5) is 4.53. The Labute approximate surface area is 117 Å². The molecule has 4 nitrogen and oxygen atoms in total. The van der Waals surface area contributed by atoms with Crippen LogP contribution in [0.3, 0.4) is 0 Å². The quantitative estimate of drug-likeness (QED) is 0.776. The number of nitrogens with two attached hydrogens (primary N) is 1. The molecule has 1 aromatic heterocycles. The molecule has 4 heteroatoms. The molecule has 2 aromatic carbocycles. The Balaban J connectivity index is 2.15. The van der Waals surface area contributed by atoms with Crippen molar-refractivity contribution in [3.8, 4) is 17.0 Å². The van der Waals surface area contributed by atoms with Crippen LogP contribution < -0.4 is 10.5 Å². The van der Waals surface area contributed by atoms with Crippen LogP contribution in [-0.4, -0.2) is 16.7 Å². The lowest BCUT2D eigenvalue weighted by Gasteiger charge is -2.05. The molecule has 3 aromatic rings. The number of benzene rings is 2. The molecular weight excluding hydrogens is 250 g/mol. The number of imidazole rings is 1. The number of aromatic nitrogens is 2. The van der Waals surface area contributed by atoms with E-state index in [4.69, 9.17) is 10.5 Å². The number of ether oxygens (including phenoxy) is 1. The zero-order valence-electron chi connectivity index (χ0n) is 11.8. The van der Waals surface area contributed by atoms with Crippen LogP contribution in [-0.2, 0) is 7.05 Å². The number of anilines is 1. The third-order valence-electron chi connectivity index (χ3n) is 3.68. The second kappa shape index (κ2) is 4.56. The largest absolute Gasteiger partial charge is 0.497 e. The Morgan fingerprint density at radius 3 is 2.45 bits per heavy atom. The molecule has 0 radical (unpaired) electrons. The zero-order valence-corrected chi connectivity index (χ0v) is 11.8. The first kappa shape index (κ1) is 12.5. The van der Waals surface area contributed by atoms with Gasteiger partial charge in [-0.2, -0.15) is 0 Å². The van der Waals surface area contributed by atoms with Gasteiger partial charge in [0.15, 0.2) is 0 Å². The molecule has 1 heterocycles. The van der Waals surface area contributed by atoms with E-state index in [1.54, 1.807) is 7.11 Å². The van der Waals surface area contributed by atoms with Crippen molar-refractivity contribution in [3.63, 3.8) is 0 Å². The minimum absolute atomic E-state index is 0.690. The molecule has 0 aliphatic rings. The van der Waals surface area contributed by atoms with Crippen LogP contribution in [0, 0.1) is 6.92 Å². The van der Waals surface area contributed by atoms with Crippen molar-refractivity contribution in [3.05, 3.63) is 42.2 Å². The van der Waals surface area contributed by atoms with E-state index in [1.165, 1.54) is 0 Å². The van der Waals surface area contributed by atoms with E-state index >= 15 is 0 Å². The van der Waals surface area contributed by atoms with Crippen LogP contribution in [0.2, 0.25) is 0 Å². The van der Waals surface area contributed by atoms with Gasteiger partial charge in [0.25, 0.3) is 0 Å². The lowest BCUT2D eigenvalue weighted by Crippen LogP contribution is -1.98. The average Bonchev–Trinajstić information content (AvgIpc) is 2.74. The van der Waals surface area contributed by atoms with E-state index in [0.717, 1.165) is 33.6 Å². The highest BCUT2D eigenvalue weighted by molar-refractivity contribution is 5.89. The van der Waals surface area contributed by atoms with Gasteiger partial charge in [-0.1, -0.05) is 18.2 Å². The van der Waals surface area contributed by atoms with Crippen LogP contribution in [0.1, 0.15) is 5.82 Å². The maximum absolute atomic E-state index is 6.11. The highest BCUT2D eigenvalue weighted by Gasteiger charge is 2.11. The van der Waals surface area contributed by atoms with Gasteiger partial charge in [-0.05, 0) is 35.9 Å². The third-order valence-corrected chi connectivity index (χ3v) is 3.68. The summed E-state index contributed by atoms with van der Waals surface area (Å²) in [6.45, 7) is 1.95. The molecule has 0 fully saturated rings. The molecule has 0 bridgehead atoms. The molecule has 0 spiro atoms. The monoisotopic (exact) mass is 267 g/mol. The Kier molecular flexibility index (Phi) is 2.86. The number of nitrogen functional groups attached to an aromatic ring is 1. The molecular formula is C16H17N3O. The van der Waals surface area contributed by atoms with Crippen molar-refractivity contribution in [2.75, 3.05) is 12.8 Å². The minimum atomic E-state index is 0.690. The maximum Gasteiger partial charge on any atom is 0.131 e. The molecule has 102 valence electrons. The van der Waals surface area contributed by atoms with Gasteiger partial charge in [0, 0.05) is 12.6 Å². The van der Waals surface area contributed by atoms with Crippen molar-refractivity contribution in [2.24, 2.45) is 7.05 Å². The van der Waals surface area contributed by atoms with Gasteiger partial charge in [0.05, 0.1) is 7.11 Å². The topological polar surface area (TPSA) is 53.1 Å². The molecule has 0 amide bonds. The molecule has 0 aliphatic carbocycles. The first-order valence-electron chi connectivity index (χ1n) is 6.47. The van der Waals surface area contributed by atoms with Gasteiger partial charge in [-0.25, -0.2) is 4.98 Å². The summed E-state index contributed by atoms with van der Waals surface area (Å²) >= 11 is 0. The number of hydrogen-bond donors (Lipinski definition) is 1. The maximum atomic E-state index is 6.11. The van der Waals surface area contributed by atoms with Crippen LogP contribution in [0.25, 0.3) is 22.0 Å². The number of fused-ring (bicyclic) bond motifs is 1. The van der Waals surface area contributed by atoms with Crippen LogP contribution >= 0.6 is 0 Å². The van der Waals surface area contributed by atoms with Crippen molar-refractivity contribution >= 4 is 16.6 Å². The van der Waals surface area contributed by atoms with Gasteiger partial charge in [0.2, 0.25) is 0 Å². The van der Waals surface area contributed by atoms with Crippen molar-refractivity contribution < 1.29 is 4.74 Å². The summed E-state index contributed by atoms with van der Waals surface area (Å²) in [6, 6.07) is 12.2. The Morgan fingerprint density at radius 2 is 1.80 bits per heavy atom. The van der Waals surface area contributed by atoms with E-state index in [0.29, 0.717) is 5.82 Å². The molecule has 0 unspecified atom stereocenters. The standard InChI is InChI=1S/C16H17N3O/c1-10-18-15(16(17)19(10)2)13-5-4-12-9-14(20-3)7-6-11(12)8-13/h4-9H,17H2,1-3H3. The van der Waals surface area contributed by atoms with E-state index in [1.807, 2.05) is 42.8 Å². The number of aryl methyl sites for hydroxylation is 1. The Morgan fingerprint density at radius 1 is 1.10 bits per heavy atom. The number of hydrogen-bond acceptors (Lipinski definition) is 3. The molecule has 0 saturated carbocycles. The summed E-state index contributed by atoms with van der Waals surface area (Å²) < 4.78 is 7.14. The summed E-state index contributed by atoms with van der Waals surface area (Å²) in [6.07, 6.45) is 0. The fourth-order valence-electron chi connectivity index (χ4n) is 2.34. The van der Waals surface area contributed by atoms with Gasteiger partial charge in [-0.15, -0.1) is 0 Å². The summed E-state index contributed by atoms with van der Waals surface area (Å²) in [5.74, 6) is 2.46. The molecule has 2 N–H and O–H groups in total. The van der Waals surface area contributed by atoms with E-state index in [2.05, 4.69) is 17.1 Å². The molecule has 0 aliphatic heterocycles. The van der Waals surface area contributed by atoms with Gasteiger partial charge in [-0.3, -0.25) is 0 Å². The average molecular weight is 267 g/mol. The predicted molar refractivity (Wildman–Crippen MR) is 81.9 cm³/mol. The summed E-state index contributed by atoms with van der Waals surface area (Å²) in [7, 11) is 3.60. The third kappa shape index (κ3) is 1.90. The van der Waals surface area contributed by atoms with E-state index in [-0.39, 0.29) is 0 Å². The van der Waals surface area contributed by atoms with Crippen molar-refractivity contribution in [1.82, 2.24) is 9.55 Å².